The van der Waals surface area contributed by atoms with E-state index in [9.17, 15) is 4.79 Å². The molecule has 0 spiro atoms. The first-order chi connectivity index (χ1) is 10.6. The molecule has 22 heavy (non-hydrogen) atoms. The van der Waals surface area contributed by atoms with E-state index < -0.39 is 5.92 Å². The van der Waals surface area contributed by atoms with Crippen LogP contribution in [-0.4, -0.2) is 22.9 Å². The summed E-state index contributed by atoms with van der Waals surface area (Å²) in [5, 5.41) is 11.4. The van der Waals surface area contributed by atoms with Crippen LogP contribution in [0.25, 0.3) is 6.08 Å². The molecule has 1 aliphatic rings. The Morgan fingerprint density at radius 1 is 1.45 bits per heavy atom. The number of ether oxygens (including phenoxy) is 1. The molecule has 1 aromatic heterocycles. The molecule has 3 rings (SSSR count). The van der Waals surface area contributed by atoms with Gasteiger partial charge in [0.05, 0.1) is 17.1 Å². The van der Waals surface area contributed by atoms with Crippen LogP contribution < -0.4 is 4.74 Å². The van der Waals surface area contributed by atoms with Gasteiger partial charge in [-0.05, 0) is 24.3 Å². The van der Waals surface area contributed by atoms with Gasteiger partial charge < -0.3 is 4.74 Å². The number of methoxy groups -OCH3 is 1. The van der Waals surface area contributed by atoms with Crippen molar-refractivity contribution >= 4 is 51.6 Å². The number of carbonyl (C=O) groups excluding carboxylic acids is 1. The topological polar surface area (TPSA) is 63.0 Å². The fraction of sp³-hybridized carbons (Fsp3) is 0.133. The summed E-state index contributed by atoms with van der Waals surface area (Å²) in [4.78, 5) is 17.2. The summed E-state index contributed by atoms with van der Waals surface area (Å²) < 4.78 is 5.28. The maximum Gasteiger partial charge on any atom is 0.186 e. The fourth-order valence-corrected chi connectivity index (χ4v) is 4.13. The largest absolute Gasteiger partial charge is 0.496 e. The number of rotatable bonds is 3. The van der Waals surface area contributed by atoms with Gasteiger partial charge in [-0.25, -0.2) is 4.98 Å². The highest BCUT2D eigenvalue weighted by Gasteiger charge is 2.38. The van der Waals surface area contributed by atoms with Crippen molar-refractivity contribution in [1.29, 1.82) is 5.41 Å². The third-order valence-electron chi connectivity index (χ3n) is 3.16. The summed E-state index contributed by atoms with van der Waals surface area (Å²) in [5.41, 5.74) is 0.721. The predicted molar refractivity (Wildman–Crippen MR) is 91.2 cm³/mol. The second kappa shape index (κ2) is 6.24. The second-order valence-corrected chi connectivity index (χ2v) is 6.98. The van der Waals surface area contributed by atoms with Crippen LogP contribution >= 0.6 is 34.7 Å². The number of nitrogens with one attached hydrogen (secondary N) is 1. The van der Waals surface area contributed by atoms with Crippen LogP contribution in [0.5, 0.6) is 5.75 Å². The molecule has 1 saturated heterocycles. The molecular formula is C15H11ClN2O2S2. The van der Waals surface area contributed by atoms with E-state index in [2.05, 4.69) is 4.98 Å². The minimum atomic E-state index is -0.582. The molecule has 4 nitrogen and oxygen atoms in total. The minimum absolute atomic E-state index is 0.105. The fourth-order valence-electron chi connectivity index (χ4n) is 2.15. The first-order valence-electron chi connectivity index (χ1n) is 6.35. The standard InChI is InChI=1S/C15H11ClN2O2S2/c1-20-10-3-2-9(16)6-8(10)7-11-13(19)12(14(17)22-11)15-18-4-5-21-15/h2-7,12,17H,1H3/b11-7-,17-14?/t12-/m1/s1. The lowest BCUT2D eigenvalue weighted by Crippen LogP contribution is -2.11. The van der Waals surface area contributed by atoms with E-state index >= 15 is 0 Å². The van der Waals surface area contributed by atoms with Crippen LogP contribution in [0.15, 0.2) is 34.7 Å². The summed E-state index contributed by atoms with van der Waals surface area (Å²) in [6, 6.07) is 5.22. The Balaban J connectivity index is 1.98. The number of nitrogens with zero attached hydrogens (tertiary/aromatic N) is 1. The summed E-state index contributed by atoms with van der Waals surface area (Å²) >= 11 is 8.56. The zero-order valence-electron chi connectivity index (χ0n) is 11.5. The molecule has 2 heterocycles. The molecule has 0 amide bonds. The molecule has 1 N–H and O–H groups in total. The number of hydrogen-bond acceptors (Lipinski definition) is 6. The molecule has 0 radical (unpaired) electrons. The van der Waals surface area contributed by atoms with Crippen molar-refractivity contribution in [1.82, 2.24) is 4.98 Å². The van der Waals surface area contributed by atoms with Gasteiger partial charge in [-0.1, -0.05) is 23.4 Å². The lowest BCUT2D eigenvalue weighted by atomic mass is 10.0. The number of allylic oxidation sites excluding steroid dienone is 1. The first-order valence-corrected chi connectivity index (χ1v) is 8.42. The third-order valence-corrected chi connectivity index (χ3v) is 5.23. The van der Waals surface area contributed by atoms with Crippen LogP contribution in [0.2, 0.25) is 5.02 Å². The van der Waals surface area contributed by atoms with Crippen LogP contribution in [0.3, 0.4) is 0 Å². The Labute approximate surface area is 140 Å². The van der Waals surface area contributed by atoms with Crippen molar-refractivity contribution in [3.8, 4) is 5.75 Å². The van der Waals surface area contributed by atoms with E-state index in [1.165, 1.54) is 11.3 Å². The molecule has 0 bridgehead atoms. The van der Waals surface area contributed by atoms with Crippen molar-refractivity contribution in [2.45, 2.75) is 5.92 Å². The highest BCUT2D eigenvalue weighted by molar-refractivity contribution is 8.19. The van der Waals surface area contributed by atoms with Crippen molar-refractivity contribution in [2.24, 2.45) is 0 Å². The van der Waals surface area contributed by atoms with Gasteiger partial charge in [0, 0.05) is 22.2 Å². The van der Waals surface area contributed by atoms with Crippen LogP contribution in [0.4, 0.5) is 0 Å². The van der Waals surface area contributed by atoms with Gasteiger partial charge in [0.25, 0.3) is 0 Å². The molecule has 0 saturated carbocycles. The molecule has 7 heteroatoms. The lowest BCUT2D eigenvalue weighted by molar-refractivity contribution is -0.114. The van der Waals surface area contributed by atoms with Gasteiger partial charge in [-0.3, -0.25) is 10.2 Å². The Morgan fingerprint density at radius 3 is 2.95 bits per heavy atom. The van der Waals surface area contributed by atoms with Gasteiger partial charge in [-0.2, -0.15) is 0 Å². The molecule has 2 aromatic rings. The first kappa shape index (κ1) is 15.3. The summed E-state index contributed by atoms with van der Waals surface area (Å²) in [7, 11) is 1.56. The van der Waals surface area contributed by atoms with E-state index in [4.69, 9.17) is 21.7 Å². The van der Waals surface area contributed by atoms with E-state index in [0.717, 1.165) is 17.3 Å². The van der Waals surface area contributed by atoms with Crippen molar-refractivity contribution in [3.05, 3.63) is 50.3 Å². The van der Waals surface area contributed by atoms with Crippen LogP contribution in [-0.2, 0) is 4.79 Å². The minimum Gasteiger partial charge on any atom is -0.496 e. The second-order valence-electron chi connectivity index (χ2n) is 4.53. The Kier molecular flexibility index (Phi) is 4.33. The number of benzene rings is 1. The van der Waals surface area contributed by atoms with E-state index in [1.54, 1.807) is 37.6 Å². The van der Waals surface area contributed by atoms with Crippen molar-refractivity contribution in [2.75, 3.05) is 7.11 Å². The van der Waals surface area contributed by atoms with E-state index in [1.807, 2.05) is 5.38 Å². The van der Waals surface area contributed by atoms with E-state index in [-0.39, 0.29) is 5.78 Å². The molecule has 1 fully saturated rings. The van der Waals surface area contributed by atoms with Gasteiger partial charge >= 0.3 is 0 Å². The monoisotopic (exact) mass is 350 g/mol. The number of thiazole rings is 1. The van der Waals surface area contributed by atoms with Crippen LogP contribution in [0, 0.1) is 5.41 Å². The number of carbonyl (C=O) groups is 1. The van der Waals surface area contributed by atoms with Gasteiger partial charge in [0.15, 0.2) is 5.78 Å². The summed E-state index contributed by atoms with van der Waals surface area (Å²) in [5.74, 6) is -0.0528. The molecule has 1 aliphatic heterocycles. The van der Waals surface area contributed by atoms with Crippen LogP contribution in [0.1, 0.15) is 16.5 Å². The lowest BCUT2D eigenvalue weighted by Gasteiger charge is -2.05. The maximum absolute atomic E-state index is 12.6. The zero-order valence-corrected chi connectivity index (χ0v) is 13.9. The highest BCUT2D eigenvalue weighted by atomic mass is 35.5. The number of hydrogen-bond donors (Lipinski definition) is 1. The summed E-state index contributed by atoms with van der Waals surface area (Å²) in [6.45, 7) is 0. The predicted octanol–water partition coefficient (Wildman–Crippen LogP) is 4.22. The highest BCUT2D eigenvalue weighted by Crippen LogP contribution is 2.42. The van der Waals surface area contributed by atoms with E-state index in [0.29, 0.717) is 25.7 Å². The molecular weight excluding hydrogens is 340 g/mol. The van der Waals surface area contributed by atoms with Gasteiger partial charge in [0.2, 0.25) is 0 Å². The van der Waals surface area contributed by atoms with Crippen molar-refractivity contribution in [3.63, 3.8) is 0 Å². The molecule has 0 aliphatic carbocycles. The number of ketones is 1. The Bertz CT molecular complexity index is 772. The SMILES string of the molecule is COc1ccc(Cl)cc1/C=C1\SC(=N)[C@H](c2nccs2)C1=O. The Morgan fingerprint density at radius 2 is 2.27 bits per heavy atom. The van der Waals surface area contributed by atoms with Gasteiger partial charge in [0.1, 0.15) is 16.7 Å². The number of aromatic nitrogens is 1. The molecule has 0 unspecified atom stereocenters. The number of Topliss-reactive ketones (excluding diaryl/α,β-unsaturated/α-hetero) is 1. The molecule has 1 atom stereocenters. The quantitative estimate of drug-likeness (QED) is 0.842. The van der Waals surface area contributed by atoms with Crippen molar-refractivity contribution < 1.29 is 9.53 Å². The molecule has 112 valence electrons. The normalized spacial score (nSPS) is 19.9. The van der Waals surface area contributed by atoms with Gasteiger partial charge in [-0.15, -0.1) is 11.3 Å². The summed E-state index contributed by atoms with van der Waals surface area (Å²) in [6.07, 6.45) is 3.37. The average molecular weight is 351 g/mol. The Hall–Kier alpha value is -1.63. The number of halogens is 1. The third kappa shape index (κ3) is 2.82. The zero-order chi connectivity index (χ0) is 15.7. The number of thioether (sulfide) groups is 1. The molecule has 1 aromatic carbocycles. The maximum atomic E-state index is 12.6. The average Bonchev–Trinajstić information content (AvgIpc) is 3.08. The smallest absolute Gasteiger partial charge is 0.186 e.